The van der Waals surface area contributed by atoms with E-state index < -0.39 is 0 Å². The van der Waals surface area contributed by atoms with Gasteiger partial charge in [-0.05, 0) is 25.7 Å². The van der Waals surface area contributed by atoms with Crippen LogP contribution in [0.1, 0.15) is 25.7 Å². The topological polar surface area (TPSA) is 38.3 Å². The number of hydrogen-bond donors (Lipinski definition) is 1. The SMILES string of the molecule is C=C1CC=CC(C(=O)NC2CCOCC2)=CC1. The van der Waals surface area contributed by atoms with Crippen molar-refractivity contribution < 1.29 is 9.53 Å². The van der Waals surface area contributed by atoms with Crippen LogP contribution in [0.2, 0.25) is 0 Å². The van der Waals surface area contributed by atoms with Crippen molar-refractivity contribution in [1.29, 1.82) is 0 Å². The van der Waals surface area contributed by atoms with Crippen LogP contribution in [0.3, 0.4) is 0 Å². The van der Waals surface area contributed by atoms with Crippen LogP contribution in [0.25, 0.3) is 0 Å². The smallest absolute Gasteiger partial charge is 0.251 e. The van der Waals surface area contributed by atoms with Gasteiger partial charge in [0, 0.05) is 24.8 Å². The quantitative estimate of drug-likeness (QED) is 0.742. The van der Waals surface area contributed by atoms with E-state index in [0.29, 0.717) is 0 Å². The van der Waals surface area contributed by atoms with E-state index in [2.05, 4.69) is 11.9 Å². The molecular formula is C14H19NO2. The first kappa shape index (κ1) is 12.1. The number of carbonyl (C=O) groups excluding carboxylic acids is 1. The first-order chi connectivity index (χ1) is 8.25. The van der Waals surface area contributed by atoms with E-state index in [1.165, 1.54) is 0 Å². The van der Waals surface area contributed by atoms with E-state index in [9.17, 15) is 4.79 Å². The summed E-state index contributed by atoms with van der Waals surface area (Å²) in [4.78, 5) is 12.0. The summed E-state index contributed by atoms with van der Waals surface area (Å²) in [6.45, 7) is 5.43. The molecule has 3 nitrogen and oxygen atoms in total. The van der Waals surface area contributed by atoms with Gasteiger partial charge in [0.1, 0.15) is 0 Å². The van der Waals surface area contributed by atoms with E-state index in [1.807, 2.05) is 18.2 Å². The molecule has 0 saturated carbocycles. The molecule has 0 radical (unpaired) electrons. The Bertz CT molecular complexity index is 362. The van der Waals surface area contributed by atoms with Crippen LogP contribution < -0.4 is 5.32 Å². The van der Waals surface area contributed by atoms with Gasteiger partial charge in [-0.3, -0.25) is 4.79 Å². The fourth-order valence-corrected chi connectivity index (χ4v) is 2.04. The molecule has 2 aliphatic rings. The summed E-state index contributed by atoms with van der Waals surface area (Å²) < 4.78 is 5.27. The van der Waals surface area contributed by atoms with Crippen LogP contribution in [-0.2, 0) is 9.53 Å². The van der Waals surface area contributed by atoms with Gasteiger partial charge in [0.15, 0.2) is 0 Å². The Kier molecular flexibility index (Phi) is 4.15. The number of ether oxygens (including phenoxy) is 1. The summed E-state index contributed by atoms with van der Waals surface area (Å²) in [7, 11) is 0. The lowest BCUT2D eigenvalue weighted by Gasteiger charge is -2.23. The van der Waals surface area contributed by atoms with E-state index in [-0.39, 0.29) is 11.9 Å². The second-order valence-corrected chi connectivity index (χ2v) is 4.58. The van der Waals surface area contributed by atoms with Gasteiger partial charge in [-0.1, -0.05) is 30.4 Å². The van der Waals surface area contributed by atoms with Gasteiger partial charge in [0.2, 0.25) is 0 Å². The Hall–Kier alpha value is -1.35. The standard InChI is InChI=1S/C14H19NO2/c1-11-3-2-4-12(6-5-11)14(16)15-13-7-9-17-10-8-13/h2,4,6,13H,1,3,5,7-10H2,(H,15,16). The van der Waals surface area contributed by atoms with Gasteiger partial charge in [0.25, 0.3) is 5.91 Å². The zero-order valence-corrected chi connectivity index (χ0v) is 10.1. The van der Waals surface area contributed by atoms with Crippen molar-refractivity contribution in [3.05, 3.63) is 36.0 Å². The van der Waals surface area contributed by atoms with Crippen molar-refractivity contribution in [2.45, 2.75) is 31.7 Å². The molecule has 0 aromatic carbocycles. The van der Waals surface area contributed by atoms with Crippen molar-refractivity contribution in [2.75, 3.05) is 13.2 Å². The maximum Gasteiger partial charge on any atom is 0.251 e. The lowest BCUT2D eigenvalue weighted by atomic mass is 10.1. The minimum atomic E-state index is 0.0304. The molecule has 1 aliphatic heterocycles. The normalized spacial score (nSPS) is 21.9. The summed E-state index contributed by atoms with van der Waals surface area (Å²) in [6, 6.07) is 0.261. The molecule has 1 saturated heterocycles. The van der Waals surface area contributed by atoms with Gasteiger partial charge in [0.05, 0.1) is 0 Å². The molecule has 92 valence electrons. The number of carbonyl (C=O) groups is 1. The second-order valence-electron chi connectivity index (χ2n) is 4.58. The highest BCUT2D eigenvalue weighted by molar-refractivity contribution is 5.96. The molecule has 0 aromatic heterocycles. The third-order valence-corrected chi connectivity index (χ3v) is 3.13. The second kappa shape index (κ2) is 5.82. The Labute approximate surface area is 102 Å². The van der Waals surface area contributed by atoms with E-state index in [1.54, 1.807) is 0 Å². The van der Waals surface area contributed by atoms with Crippen molar-refractivity contribution in [1.82, 2.24) is 5.32 Å². The van der Waals surface area contributed by atoms with Crippen molar-refractivity contribution in [3.63, 3.8) is 0 Å². The largest absolute Gasteiger partial charge is 0.381 e. The maximum atomic E-state index is 12.0. The molecule has 0 bridgehead atoms. The zero-order chi connectivity index (χ0) is 12.1. The fraction of sp³-hybridized carbons (Fsp3) is 0.500. The summed E-state index contributed by atoms with van der Waals surface area (Å²) in [5.41, 5.74) is 1.91. The molecule has 0 atom stereocenters. The van der Waals surface area contributed by atoms with Gasteiger partial charge in [-0.25, -0.2) is 0 Å². The summed E-state index contributed by atoms with van der Waals surface area (Å²) in [5, 5.41) is 3.06. The predicted molar refractivity (Wildman–Crippen MR) is 67.6 cm³/mol. The van der Waals surface area contributed by atoms with Crippen LogP contribution in [0.5, 0.6) is 0 Å². The molecule has 1 heterocycles. The van der Waals surface area contributed by atoms with E-state index in [4.69, 9.17) is 4.74 Å². The van der Waals surface area contributed by atoms with Crippen LogP contribution in [0, 0.1) is 0 Å². The minimum Gasteiger partial charge on any atom is -0.381 e. The number of rotatable bonds is 2. The number of amides is 1. The minimum absolute atomic E-state index is 0.0304. The highest BCUT2D eigenvalue weighted by atomic mass is 16.5. The number of allylic oxidation sites excluding steroid dienone is 3. The molecule has 0 aromatic rings. The molecule has 1 fully saturated rings. The third kappa shape index (κ3) is 3.56. The summed E-state index contributed by atoms with van der Waals surface area (Å²) in [6.07, 6.45) is 9.34. The van der Waals surface area contributed by atoms with Crippen LogP contribution in [0.15, 0.2) is 36.0 Å². The summed E-state index contributed by atoms with van der Waals surface area (Å²) in [5.74, 6) is 0.0304. The maximum absolute atomic E-state index is 12.0. The van der Waals surface area contributed by atoms with Gasteiger partial charge in [-0.2, -0.15) is 0 Å². The van der Waals surface area contributed by atoms with Gasteiger partial charge in [-0.15, -0.1) is 0 Å². The van der Waals surface area contributed by atoms with Crippen molar-refractivity contribution in [3.8, 4) is 0 Å². The van der Waals surface area contributed by atoms with E-state index >= 15 is 0 Å². The molecule has 17 heavy (non-hydrogen) atoms. The molecule has 1 N–H and O–H groups in total. The lowest BCUT2D eigenvalue weighted by molar-refractivity contribution is -0.118. The molecule has 0 unspecified atom stereocenters. The molecular weight excluding hydrogens is 214 g/mol. The Morgan fingerprint density at radius 3 is 2.88 bits per heavy atom. The van der Waals surface area contributed by atoms with Crippen LogP contribution in [-0.4, -0.2) is 25.2 Å². The Balaban J connectivity index is 1.92. The monoisotopic (exact) mass is 233 g/mol. The van der Waals surface area contributed by atoms with Gasteiger partial charge >= 0.3 is 0 Å². The fourth-order valence-electron chi connectivity index (χ4n) is 2.04. The Morgan fingerprint density at radius 1 is 1.35 bits per heavy atom. The average Bonchev–Trinajstić information content (AvgIpc) is 2.55. The summed E-state index contributed by atoms with van der Waals surface area (Å²) >= 11 is 0. The number of hydrogen-bond acceptors (Lipinski definition) is 2. The molecule has 1 amide bonds. The first-order valence-corrected chi connectivity index (χ1v) is 6.17. The predicted octanol–water partition coefficient (Wildman–Crippen LogP) is 2.11. The highest BCUT2D eigenvalue weighted by Crippen LogP contribution is 2.15. The third-order valence-electron chi connectivity index (χ3n) is 3.13. The van der Waals surface area contributed by atoms with E-state index in [0.717, 1.165) is 50.0 Å². The van der Waals surface area contributed by atoms with Crippen molar-refractivity contribution in [2.24, 2.45) is 0 Å². The lowest BCUT2D eigenvalue weighted by Crippen LogP contribution is -2.39. The average molecular weight is 233 g/mol. The first-order valence-electron chi connectivity index (χ1n) is 6.17. The highest BCUT2D eigenvalue weighted by Gasteiger charge is 2.17. The van der Waals surface area contributed by atoms with Crippen molar-refractivity contribution >= 4 is 5.91 Å². The number of nitrogens with one attached hydrogen (secondary N) is 1. The molecule has 0 spiro atoms. The molecule has 2 rings (SSSR count). The van der Waals surface area contributed by atoms with Crippen LogP contribution >= 0.6 is 0 Å². The zero-order valence-electron chi connectivity index (χ0n) is 10.1. The Morgan fingerprint density at radius 2 is 2.12 bits per heavy atom. The molecule has 1 aliphatic carbocycles. The molecule has 3 heteroatoms. The van der Waals surface area contributed by atoms with Crippen LogP contribution in [0.4, 0.5) is 0 Å². The van der Waals surface area contributed by atoms with Gasteiger partial charge < -0.3 is 10.1 Å².